The minimum absolute atomic E-state index is 0.00832. The summed E-state index contributed by atoms with van der Waals surface area (Å²) in [6, 6.07) is 0. The molecule has 2 aliphatic heterocycles. The van der Waals surface area contributed by atoms with Crippen LogP contribution in [-0.2, 0) is 61.7 Å². The number of rotatable bonds is 25. The summed E-state index contributed by atoms with van der Waals surface area (Å²) in [5, 5.41) is 0. The second-order valence-electron chi connectivity index (χ2n) is 16.2. The molecule has 14 atom stereocenters. The molecule has 342 valence electrons. The zero-order chi connectivity index (χ0) is 44.3. The van der Waals surface area contributed by atoms with Gasteiger partial charge in [-0.15, -0.1) is 0 Å². The van der Waals surface area contributed by atoms with Crippen molar-refractivity contribution >= 4 is 11.9 Å². The zero-order valence-electron chi connectivity index (χ0n) is 39.0. The van der Waals surface area contributed by atoms with Crippen LogP contribution in [0.1, 0.15) is 136 Å². The van der Waals surface area contributed by atoms with Gasteiger partial charge in [0.25, 0.3) is 0 Å². The van der Waals surface area contributed by atoms with Crippen molar-refractivity contribution in [1.29, 1.82) is 0 Å². The molecular weight excluding hydrogens is 760 g/mol. The molecule has 0 amide bonds. The van der Waals surface area contributed by atoms with Crippen molar-refractivity contribution in [3.05, 3.63) is 36.0 Å². The summed E-state index contributed by atoms with van der Waals surface area (Å²) < 4.78 is 66.7. The number of carbonyl (C=O) groups excluding carboxylic acids is 2. The lowest BCUT2D eigenvalue weighted by atomic mass is 9.88. The predicted molar refractivity (Wildman–Crippen MR) is 226 cm³/mol. The first-order chi connectivity index (χ1) is 27.8. The lowest BCUT2D eigenvalue weighted by molar-refractivity contribution is -0.230. The fraction of sp³-hybridized carbons (Fsp3) is 0.826. The van der Waals surface area contributed by atoms with Gasteiger partial charge in [0.1, 0.15) is 17.8 Å². The number of allylic oxidation sites excluding steroid dienone is 2. The summed E-state index contributed by atoms with van der Waals surface area (Å²) in [6.45, 7) is 30.6. The standard InChI is InChI=1S/C46H80O13/c1-16-39(55-35(11)50-18-3)32(8)44-40(56-44)29-45(14,58-36(12)51-19-4)26-21-22-30(6)43-31(7)23-24-41(53-33(9)47)46(15,59-37(13)52-20-5)27-25-38(28-42(48)57-43)54-34(10)49-17-2/h21-24,26,31-32,34-41,43-44H,16-20,25,27-29H2,1-15H3/b24-23+,26-21+,30-22+/t31-,32+,34?,35?,36?,37?,38+,39-,40+,41-,43+,44+,45-,46+/m0/s1. The molecule has 0 saturated carbocycles. The maximum absolute atomic E-state index is 13.7. The number of esters is 2. The first kappa shape index (κ1) is 52.9. The predicted octanol–water partition coefficient (Wildman–Crippen LogP) is 8.76. The maximum atomic E-state index is 13.7. The Bertz CT molecular complexity index is 1320. The molecule has 0 aromatic heterocycles. The minimum atomic E-state index is -1.02. The number of carbonyl (C=O) groups is 2. The average Bonchev–Trinajstić information content (AvgIpc) is 3.91. The van der Waals surface area contributed by atoms with Crippen molar-refractivity contribution in [2.45, 2.75) is 209 Å². The minimum Gasteiger partial charge on any atom is -0.457 e. The van der Waals surface area contributed by atoms with E-state index in [1.807, 2.05) is 107 Å². The summed E-state index contributed by atoms with van der Waals surface area (Å²) in [6.07, 6.45) is 7.93. The molecule has 2 heterocycles. The van der Waals surface area contributed by atoms with E-state index in [1.165, 1.54) is 6.92 Å². The fourth-order valence-corrected chi connectivity index (χ4v) is 7.85. The molecule has 0 spiro atoms. The van der Waals surface area contributed by atoms with Gasteiger partial charge in [-0.25, -0.2) is 0 Å². The van der Waals surface area contributed by atoms with Crippen LogP contribution in [0.4, 0.5) is 0 Å². The molecule has 2 aliphatic rings. The highest BCUT2D eigenvalue weighted by atomic mass is 16.7. The number of hydrogen-bond acceptors (Lipinski definition) is 13. The lowest BCUT2D eigenvalue weighted by Gasteiger charge is -2.39. The molecule has 0 bridgehead atoms. The van der Waals surface area contributed by atoms with Crippen molar-refractivity contribution in [1.82, 2.24) is 0 Å². The van der Waals surface area contributed by atoms with Crippen LogP contribution < -0.4 is 0 Å². The summed E-state index contributed by atoms with van der Waals surface area (Å²) in [4.78, 5) is 26.2. The molecule has 4 unspecified atom stereocenters. The van der Waals surface area contributed by atoms with E-state index in [4.69, 9.17) is 52.1 Å². The van der Waals surface area contributed by atoms with Crippen LogP contribution in [0.3, 0.4) is 0 Å². The average molecular weight is 841 g/mol. The van der Waals surface area contributed by atoms with E-state index in [1.54, 1.807) is 6.92 Å². The van der Waals surface area contributed by atoms with E-state index in [0.717, 1.165) is 12.0 Å². The quantitative estimate of drug-likeness (QED) is 0.0285. The molecule has 2 rings (SSSR count). The first-order valence-electron chi connectivity index (χ1n) is 22.0. The van der Waals surface area contributed by atoms with E-state index in [0.29, 0.717) is 45.7 Å². The summed E-state index contributed by atoms with van der Waals surface area (Å²) in [5.74, 6) is -1.02. The van der Waals surface area contributed by atoms with Crippen LogP contribution in [0.2, 0.25) is 0 Å². The highest BCUT2D eigenvalue weighted by Crippen LogP contribution is 2.40. The highest BCUT2D eigenvalue weighted by molar-refractivity contribution is 5.70. The Morgan fingerprint density at radius 1 is 0.915 bits per heavy atom. The molecule has 1 fully saturated rings. The van der Waals surface area contributed by atoms with Gasteiger partial charge in [-0.2, -0.15) is 0 Å². The van der Waals surface area contributed by atoms with Gasteiger partial charge >= 0.3 is 11.9 Å². The molecule has 0 radical (unpaired) electrons. The Morgan fingerprint density at radius 3 is 2.14 bits per heavy atom. The second-order valence-corrected chi connectivity index (χ2v) is 16.2. The first-order valence-corrected chi connectivity index (χ1v) is 22.0. The third-order valence-electron chi connectivity index (χ3n) is 10.8. The van der Waals surface area contributed by atoms with E-state index < -0.39 is 60.3 Å². The van der Waals surface area contributed by atoms with Crippen LogP contribution >= 0.6 is 0 Å². The van der Waals surface area contributed by atoms with Crippen LogP contribution in [0, 0.1) is 11.8 Å². The van der Waals surface area contributed by atoms with Crippen molar-refractivity contribution in [3.63, 3.8) is 0 Å². The largest absolute Gasteiger partial charge is 0.457 e. The van der Waals surface area contributed by atoms with Gasteiger partial charge in [-0.1, -0.05) is 45.1 Å². The molecular formula is C46H80O13. The Hall–Kier alpha value is -2.20. The van der Waals surface area contributed by atoms with Gasteiger partial charge in [0, 0.05) is 51.6 Å². The molecule has 13 nitrogen and oxygen atoms in total. The normalized spacial score (nSPS) is 30.5. The number of epoxide rings is 1. The molecule has 0 aromatic carbocycles. The molecule has 13 heteroatoms. The molecule has 59 heavy (non-hydrogen) atoms. The topological polar surface area (TPSA) is 139 Å². The van der Waals surface area contributed by atoms with Crippen molar-refractivity contribution in [2.75, 3.05) is 26.4 Å². The van der Waals surface area contributed by atoms with Gasteiger partial charge in [0.2, 0.25) is 0 Å². The highest BCUT2D eigenvalue weighted by Gasteiger charge is 2.49. The summed E-state index contributed by atoms with van der Waals surface area (Å²) >= 11 is 0. The van der Waals surface area contributed by atoms with Gasteiger partial charge < -0.3 is 52.1 Å². The Labute approximate surface area is 356 Å². The number of hydrogen-bond donors (Lipinski definition) is 0. The van der Waals surface area contributed by atoms with Gasteiger partial charge in [0.05, 0.1) is 36.4 Å². The summed E-state index contributed by atoms with van der Waals surface area (Å²) in [5.41, 5.74) is -0.961. The number of ether oxygens (including phenoxy) is 11. The Balaban J connectivity index is 2.48. The third kappa shape index (κ3) is 18.8. The fourth-order valence-electron chi connectivity index (χ4n) is 7.85. The van der Waals surface area contributed by atoms with E-state index in [-0.39, 0.29) is 42.9 Å². The van der Waals surface area contributed by atoms with Crippen molar-refractivity contribution in [3.8, 4) is 0 Å². The molecule has 0 aromatic rings. The summed E-state index contributed by atoms with van der Waals surface area (Å²) in [7, 11) is 0. The van der Waals surface area contributed by atoms with E-state index in [2.05, 4.69) is 13.8 Å². The smallest absolute Gasteiger partial charge is 0.309 e. The van der Waals surface area contributed by atoms with Crippen LogP contribution in [-0.4, -0.2) is 111 Å². The third-order valence-corrected chi connectivity index (χ3v) is 10.8. The van der Waals surface area contributed by atoms with Crippen LogP contribution in [0.5, 0.6) is 0 Å². The van der Waals surface area contributed by atoms with E-state index >= 15 is 0 Å². The van der Waals surface area contributed by atoms with Gasteiger partial charge in [-0.05, 0) is 107 Å². The lowest BCUT2D eigenvalue weighted by Crippen LogP contribution is -2.47. The van der Waals surface area contributed by atoms with Gasteiger partial charge in [-0.3, -0.25) is 9.59 Å². The SMILES string of the molecule is CCOC(C)O[C@@H]1CC[C@@](C)(OC(C)OCC)[C@@H](OC(C)=O)/C=C/[C@H](C)[C@@H](/C(C)=C/C=C/[C@@](C)(C[C@H]2O[C@@H]2[C@H](C)[C@H](CC)OC(C)OCC)OC(C)OCC)OC(=O)C1. The van der Waals surface area contributed by atoms with Gasteiger partial charge in [0.15, 0.2) is 25.2 Å². The second kappa shape index (κ2) is 26.3. The van der Waals surface area contributed by atoms with Crippen molar-refractivity contribution in [2.24, 2.45) is 11.8 Å². The molecule has 0 aliphatic carbocycles. The zero-order valence-corrected chi connectivity index (χ0v) is 39.0. The molecule has 1 saturated heterocycles. The van der Waals surface area contributed by atoms with E-state index in [9.17, 15) is 9.59 Å². The molecule has 0 N–H and O–H groups in total. The van der Waals surface area contributed by atoms with Crippen LogP contribution in [0.15, 0.2) is 36.0 Å². The number of cyclic esters (lactones) is 1. The van der Waals surface area contributed by atoms with Crippen molar-refractivity contribution < 1.29 is 61.7 Å². The monoisotopic (exact) mass is 841 g/mol. The van der Waals surface area contributed by atoms with Crippen LogP contribution in [0.25, 0.3) is 0 Å². The maximum Gasteiger partial charge on any atom is 0.309 e. The Morgan fingerprint density at radius 2 is 1.53 bits per heavy atom. The Kier molecular flexibility index (Phi) is 23.6.